The number of hydrogen-bond donors (Lipinski definition) is 2. The van der Waals surface area contributed by atoms with Crippen molar-refractivity contribution >= 4 is 11.9 Å². The fourth-order valence-corrected chi connectivity index (χ4v) is 2.12. The Labute approximate surface area is 140 Å². The molecule has 0 aliphatic rings. The van der Waals surface area contributed by atoms with Gasteiger partial charge in [-0.25, -0.2) is 4.79 Å². The summed E-state index contributed by atoms with van der Waals surface area (Å²) in [4.78, 5) is 23.2. The summed E-state index contributed by atoms with van der Waals surface area (Å²) in [5, 5.41) is 11.5. The van der Waals surface area contributed by atoms with E-state index in [1.165, 1.54) is 12.1 Å². The van der Waals surface area contributed by atoms with Gasteiger partial charge in [0.2, 0.25) is 5.76 Å². The van der Waals surface area contributed by atoms with Gasteiger partial charge >= 0.3 is 5.97 Å². The van der Waals surface area contributed by atoms with Crippen LogP contribution in [0, 0.1) is 13.8 Å². The number of carbonyl (C=O) groups excluding carboxylic acids is 1. The van der Waals surface area contributed by atoms with Crippen molar-refractivity contribution in [2.75, 3.05) is 0 Å². The number of benzene rings is 1. The van der Waals surface area contributed by atoms with Gasteiger partial charge in [-0.05, 0) is 57.0 Å². The lowest BCUT2D eigenvalue weighted by Gasteiger charge is -2.26. The standard InChI is InChI=1S/C18H21NO5/c1-11-6-5-7-14(12(11)2)24-18(3,4)17(22)19-10-13-8-9-15(23-13)16(20)21/h5-9H,10H2,1-4H3,(H,19,22)(H,20,21). The second-order valence-corrected chi connectivity index (χ2v) is 6.06. The van der Waals surface area contributed by atoms with E-state index in [1.54, 1.807) is 13.8 Å². The second-order valence-electron chi connectivity index (χ2n) is 6.06. The smallest absolute Gasteiger partial charge is 0.371 e. The molecule has 2 N–H and O–H groups in total. The Bertz CT molecular complexity index is 761. The molecule has 1 amide bonds. The number of hydrogen-bond acceptors (Lipinski definition) is 4. The number of carboxylic acid groups (broad SMARTS) is 1. The fourth-order valence-electron chi connectivity index (χ4n) is 2.12. The first-order valence-electron chi connectivity index (χ1n) is 7.56. The Balaban J connectivity index is 2.01. The van der Waals surface area contributed by atoms with Crippen LogP contribution in [0.1, 0.15) is 41.3 Å². The Morgan fingerprint density at radius 2 is 1.92 bits per heavy atom. The first-order chi connectivity index (χ1) is 11.2. The molecule has 6 heteroatoms. The molecule has 1 heterocycles. The van der Waals surface area contributed by atoms with E-state index >= 15 is 0 Å². The summed E-state index contributed by atoms with van der Waals surface area (Å²) in [5.74, 6) is -0.613. The molecule has 0 spiro atoms. The lowest BCUT2D eigenvalue weighted by Crippen LogP contribution is -2.46. The van der Waals surface area contributed by atoms with Crippen LogP contribution in [0.15, 0.2) is 34.7 Å². The number of furan rings is 1. The number of aryl methyl sites for hydroxylation is 1. The predicted octanol–water partition coefficient (Wildman–Crippen LogP) is 3.07. The zero-order valence-corrected chi connectivity index (χ0v) is 14.2. The molecule has 1 aromatic carbocycles. The minimum absolute atomic E-state index is 0.0890. The second kappa shape index (κ2) is 6.78. The number of carbonyl (C=O) groups is 2. The van der Waals surface area contributed by atoms with E-state index < -0.39 is 11.6 Å². The summed E-state index contributed by atoms with van der Waals surface area (Å²) in [7, 11) is 0. The largest absolute Gasteiger partial charge is 0.478 e. The molecule has 6 nitrogen and oxygen atoms in total. The lowest BCUT2D eigenvalue weighted by molar-refractivity contribution is -0.134. The summed E-state index contributed by atoms with van der Waals surface area (Å²) in [6, 6.07) is 8.54. The fraction of sp³-hybridized carbons (Fsp3) is 0.333. The number of rotatable bonds is 6. The first kappa shape index (κ1) is 17.6. The van der Waals surface area contributed by atoms with E-state index in [0.717, 1.165) is 11.1 Å². The van der Waals surface area contributed by atoms with E-state index in [2.05, 4.69) is 5.32 Å². The van der Waals surface area contributed by atoms with Gasteiger partial charge in [0.25, 0.3) is 5.91 Å². The van der Waals surface area contributed by atoms with Crippen molar-refractivity contribution in [1.29, 1.82) is 0 Å². The van der Waals surface area contributed by atoms with E-state index in [1.807, 2.05) is 32.0 Å². The maximum Gasteiger partial charge on any atom is 0.371 e. The normalized spacial score (nSPS) is 11.2. The van der Waals surface area contributed by atoms with Crippen LogP contribution < -0.4 is 10.1 Å². The monoisotopic (exact) mass is 331 g/mol. The molecule has 0 bridgehead atoms. The molecule has 0 saturated carbocycles. The number of ether oxygens (including phenoxy) is 1. The van der Waals surface area contributed by atoms with Crippen molar-refractivity contribution in [2.24, 2.45) is 0 Å². The quantitative estimate of drug-likeness (QED) is 0.849. The van der Waals surface area contributed by atoms with Gasteiger partial charge in [0.1, 0.15) is 11.5 Å². The molecule has 0 atom stereocenters. The SMILES string of the molecule is Cc1cccc(OC(C)(C)C(=O)NCc2ccc(C(=O)O)o2)c1C. The van der Waals surface area contributed by atoms with Crippen LogP contribution >= 0.6 is 0 Å². The van der Waals surface area contributed by atoms with Crippen molar-refractivity contribution in [3.63, 3.8) is 0 Å². The van der Waals surface area contributed by atoms with Gasteiger partial charge < -0.3 is 19.6 Å². The van der Waals surface area contributed by atoms with Crippen LogP contribution in [0.2, 0.25) is 0 Å². The number of aromatic carboxylic acids is 1. The Morgan fingerprint density at radius 3 is 2.54 bits per heavy atom. The van der Waals surface area contributed by atoms with Gasteiger partial charge in [-0.2, -0.15) is 0 Å². The highest BCUT2D eigenvalue weighted by molar-refractivity contribution is 5.85. The third kappa shape index (κ3) is 3.95. The van der Waals surface area contributed by atoms with E-state index in [9.17, 15) is 9.59 Å². The van der Waals surface area contributed by atoms with Crippen LogP contribution in [-0.2, 0) is 11.3 Å². The highest BCUT2D eigenvalue weighted by atomic mass is 16.5. The van der Waals surface area contributed by atoms with Gasteiger partial charge in [-0.15, -0.1) is 0 Å². The summed E-state index contributed by atoms with van der Waals surface area (Å²) in [6.45, 7) is 7.36. The average Bonchev–Trinajstić information content (AvgIpc) is 2.98. The summed E-state index contributed by atoms with van der Waals surface area (Å²) >= 11 is 0. The van der Waals surface area contributed by atoms with Crippen LogP contribution in [-0.4, -0.2) is 22.6 Å². The van der Waals surface area contributed by atoms with Crippen LogP contribution in [0.25, 0.3) is 0 Å². The topological polar surface area (TPSA) is 88.8 Å². The van der Waals surface area contributed by atoms with Crippen molar-refractivity contribution in [3.8, 4) is 5.75 Å². The number of carboxylic acids is 1. The molecule has 128 valence electrons. The van der Waals surface area contributed by atoms with E-state index in [-0.39, 0.29) is 18.2 Å². The third-order valence-electron chi connectivity index (χ3n) is 3.76. The average molecular weight is 331 g/mol. The van der Waals surface area contributed by atoms with E-state index in [0.29, 0.717) is 11.5 Å². The molecule has 0 aliphatic carbocycles. The molecule has 1 aromatic heterocycles. The van der Waals surface area contributed by atoms with Crippen LogP contribution in [0.3, 0.4) is 0 Å². The highest BCUT2D eigenvalue weighted by Crippen LogP contribution is 2.25. The Kier molecular flexibility index (Phi) is 4.97. The minimum Gasteiger partial charge on any atom is -0.478 e. The Morgan fingerprint density at radius 1 is 1.21 bits per heavy atom. The molecule has 0 fully saturated rings. The van der Waals surface area contributed by atoms with Gasteiger partial charge in [0.05, 0.1) is 6.54 Å². The molecule has 24 heavy (non-hydrogen) atoms. The van der Waals surface area contributed by atoms with Crippen molar-refractivity contribution in [2.45, 2.75) is 39.8 Å². The van der Waals surface area contributed by atoms with Crippen molar-refractivity contribution < 1.29 is 23.8 Å². The zero-order valence-electron chi connectivity index (χ0n) is 14.2. The molecule has 0 unspecified atom stereocenters. The molecular formula is C18H21NO5. The lowest BCUT2D eigenvalue weighted by atomic mass is 10.1. The summed E-state index contributed by atoms with van der Waals surface area (Å²) < 4.78 is 11.0. The van der Waals surface area contributed by atoms with Gasteiger partial charge in [-0.1, -0.05) is 12.1 Å². The van der Waals surface area contributed by atoms with Crippen molar-refractivity contribution in [3.05, 3.63) is 53.0 Å². The first-order valence-corrected chi connectivity index (χ1v) is 7.56. The minimum atomic E-state index is -1.15. The van der Waals surface area contributed by atoms with Crippen LogP contribution in [0.4, 0.5) is 0 Å². The van der Waals surface area contributed by atoms with Crippen molar-refractivity contribution in [1.82, 2.24) is 5.32 Å². The van der Waals surface area contributed by atoms with E-state index in [4.69, 9.17) is 14.3 Å². The molecule has 0 radical (unpaired) electrons. The maximum absolute atomic E-state index is 12.4. The Hall–Kier alpha value is -2.76. The highest BCUT2D eigenvalue weighted by Gasteiger charge is 2.30. The van der Waals surface area contributed by atoms with Gasteiger partial charge in [-0.3, -0.25) is 4.79 Å². The maximum atomic E-state index is 12.4. The zero-order chi connectivity index (χ0) is 17.9. The number of nitrogens with one attached hydrogen (secondary N) is 1. The molecule has 2 aromatic rings. The van der Waals surface area contributed by atoms with Gasteiger partial charge in [0.15, 0.2) is 5.60 Å². The molecule has 2 rings (SSSR count). The molecule has 0 aliphatic heterocycles. The predicted molar refractivity (Wildman–Crippen MR) is 88.1 cm³/mol. The molecular weight excluding hydrogens is 310 g/mol. The summed E-state index contributed by atoms with van der Waals surface area (Å²) in [5.41, 5.74) is 0.983. The molecule has 0 saturated heterocycles. The van der Waals surface area contributed by atoms with Gasteiger partial charge in [0, 0.05) is 0 Å². The summed E-state index contributed by atoms with van der Waals surface area (Å²) in [6.07, 6.45) is 0. The third-order valence-corrected chi connectivity index (χ3v) is 3.76. The number of amides is 1. The van der Waals surface area contributed by atoms with Crippen LogP contribution in [0.5, 0.6) is 5.75 Å².